The maximum atomic E-state index is 9.86. The second kappa shape index (κ2) is 10.2. The summed E-state index contributed by atoms with van der Waals surface area (Å²) in [7, 11) is 0. The standard InChI is InChI=1S/C29H37NO2/c1-8-10-25-21(5)16-20(4)17-27(25)29-14-13-26-24(15-19(2)3)11-9-12-28(26)30(29)32-23(7)18-22(6)31/h8-14,16-19,22,29,31H,15H2,1-7H3/b10-8+,23-18-. The Morgan fingerprint density at radius 1 is 1.19 bits per heavy atom. The maximum absolute atomic E-state index is 9.86. The molecule has 0 amide bonds. The van der Waals surface area contributed by atoms with Gasteiger partial charge in [0.15, 0.2) is 0 Å². The number of nitrogens with zero attached hydrogens (tertiary/aromatic N) is 1. The number of fused-ring (bicyclic) bond motifs is 1. The van der Waals surface area contributed by atoms with Gasteiger partial charge in [-0.1, -0.05) is 68.0 Å². The van der Waals surface area contributed by atoms with Crippen molar-refractivity contribution in [2.45, 2.75) is 67.0 Å². The molecule has 2 unspecified atom stereocenters. The van der Waals surface area contributed by atoms with Crippen molar-refractivity contribution in [3.05, 3.63) is 87.7 Å². The molecule has 1 aliphatic heterocycles. The van der Waals surface area contributed by atoms with E-state index in [1.165, 1.54) is 33.4 Å². The van der Waals surface area contributed by atoms with Crippen molar-refractivity contribution in [3.8, 4) is 0 Å². The Bertz CT molecular complexity index is 1040. The summed E-state index contributed by atoms with van der Waals surface area (Å²) < 4.78 is 0. The van der Waals surface area contributed by atoms with Crippen LogP contribution in [-0.2, 0) is 11.3 Å². The molecule has 3 heteroatoms. The van der Waals surface area contributed by atoms with E-state index in [1.54, 1.807) is 13.0 Å². The zero-order chi connectivity index (χ0) is 23.4. The number of anilines is 1. The van der Waals surface area contributed by atoms with Gasteiger partial charge in [0.25, 0.3) is 0 Å². The molecule has 0 radical (unpaired) electrons. The van der Waals surface area contributed by atoms with Crippen molar-refractivity contribution in [1.82, 2.24) is 0 Å². The average Bonchev–Trinajstić information content (AvgIpc) is 2.69. The second-order valence-corrected chi connectivity index (χ2v) is 9.27. The van der Waals surface area contributed by atoms with Gasteiger partial charge in [-0.05, 0) is 81.4 Å². The molecule has 3 rings (SSSR count). The molecule has 2 atom stereocenters. The van der Waals surface area contributed by atoms with E-state index in [-0.39, 0.29) is 6.04 Å². The van der Waals surface area contributed by atoms with E-state index in [9.17, 15) is 5.11 Å². The summed E-state index contributed by atoms with van der Waals surface area (Å²) in [5.74, 6) is 1.25. The Labute approximate surface area is 193 Å². The minimum absolute atomic E-state index is 0.0843. The van der Waals surface area contributed by atoms with Gasteiger partial charge < -0.3 is 9.94 Å². The second-order valence-electron chi connectivity index (χ2n) is 9.27. The summed E-state index contributed by atoms with van der Waals surface area (Å²) in [6.45, 7) is 14.5. The molecule has 0 aromatic heterocycles. The Balaban J connectivity index is 2.19. The zero-order valence-corrected chi connectivity index (χ0v) is 20.5. The first-order valence-electron chi connectivity index (χ1n) is 11.6. The number of aryl methyl sites for hydroxylation is 2. The van der Waals surface area contributed by atoms with Crippen LogP contribution in [0.1, 0.15) is 74.0 Å². The molecule has 170 valence electrons. The molecule has 1 heterocycles. The third kappa shape index (κ3) is 5.34. The normalized spacial score (nSPS) is 17.2. The van der Waals surface area contributed by atoms with Crippen LogP contribution in [-0.4, -0.2) is 11.2 Å². The van der Waals surface area contributed by atoms with E-state index < -0.39 is 6.10 Å². The average molecular weight is 432 g/mol. The van der Waals surface area contributed by atoms with Crippen LogP contribution >= 0.6 is 0 Å². The van der Waals surface area contributed by atoms with Crippen LogP contribution in [0.15, 0.2) is 54.3 Å². The van der Waals surface area contributed by atoms with Gasteiger partial charge in [-0.3, -0.25) is 0 Å². The van der Waals surface area contributed by atoms with Crippen molar-refractivity contribution in [1.29, 1.82) is 0 Å². The summed E-state index contributed by atoms with van der Waals surface area (Å²) in [5.41, 5.74) is 8.50. The third-order valence-corrected chi connectivity index (χ3v) is 5.67. The summed E-state index contributed by atoms with van der Waals surface area (Å²) >= 11 is 0. The van der Waals surface area contributed by atoms with Gasteiger partial charge in [0.1, 0.15) is 11.8 Å². The van der Waals surface area contributed by atoms with Gasteiger partial charge in [-0.25, -0.2) is 0 Å². The quantitative estimate of drug-likeness (QED) is 0.466. The van der Waals surface area contributed by atoms with E-state index in [0.717, 1.165) is 12.1 Å². The fraction of sp³-hybridized carbons (Fsp3) is 0.379. The van der Waals surface area contributed by atoms with Crippen molar-refractivity contribution in [3.63, 3.8) is 0 Å². The smallest absolute Gasteiger partial charge is 0.127 e. The number of hydroxylamine groups is 1. The molecular formula is C29H37NO2. The Hall–Kier alpha value is -2.78. The Morgan fingerprint density at radius 2 is 1.94 bits per heavy atom. The first kappa shape index (κ1) is 23.9. The van der Waals surface area contributed by atoms with Crippen molar-refractivity contribution < 1.29 is 9.94 Å². The number of hydrogen-bond acceptors (Lipinski definition) is 3. The third-order valence-electron chi connectivity index (χ3n) is 5.67. The first-order valence-corrected chi connectivity index (χ1v) is 11.6. The molecule has 1 N–H and O–H groups in total. The maximum Gasteiger partial charge on any atom is 0.127 e. The molecule has 2 aromatic carbocycles. The van der Waals surface area contributed by atoms with E-state index >= 15 is 0 Å². The Kier molecular flexibility index (Phi) is 7.63. The molecule has 0 saturated carbocycles. The van der Waals surface area contributed by atoms with E-state index in [0.29, 0.717) is 11.7 Å². The van der Waals surface area contributed by atoms with Gasteiger partial charge in [0, 0.05) is 5.56 Å². The molecule has 3 nitrogen and oxygen atoms in total. The molecule has 32 heavy (non-hydrogen) atoms. The van der Waals surface area contributed by atoms with Crippen LogP contribution in [0.4, 0.5) is 5.69 Å². The highest BCUT2D eigenvalue weighted by Gasteiger charge is 2.29. The zero-order valence-electron chi connectivity index (χ0n) is 20.5. The predicted octanol–water partition coefficient (Wildman–Crippen LogP) is 7.33. The summed E-state index contributed by atoms with van der Waals surface area (Å²) in [4.78, 5) is 6.43. The SMILES string of the molecule is C/C=C/c1c(C)cc(C)cc1C1C=Cc2c(CC(C)C)cccc2N1O/C(C)=C\C(C)O. The minimum atomic E-state index is -0.569. The molecule has 1 aliphatic rings. The number of allylic oxidation sites excluding steroid dienone is 2. The molecule has 0 saturated heterocycles. The lowest BCUT2D eigenvalue weighted by Gasteiger charge is -2.37. The van der Waals surface area contributed by atoms with Crippen LogP contribution in [0.25, 0.3) is 12.2 Å². The van der Waals surface area contributed by atoms with Gasteiger partial charge in [0.2, 0.25) is 0 Å². The number of aliphatic hydroxyl groups is 1. The molecule has 0 fully saturated rings. The fourth-order valence-electron chi connectivity index (χ4n) is 4.53. The van der Waals surface area contributed by atoms with Crippen LogP contribution in [0.5, 0.6) is 0 Å². The monoisotopic (exact) mass is 431 g/mol. The largest absolute Gasteiger partial charge is 0.389 e. The molecule has 0 aliphatic carbocycles. The van der Waals surface area contributed by atoms with E-state index in [4.69, 9.17) is 4.84 Å². The fourth-order valence-corrected chi connectivity index (χ4v) is 4.53. The van der Waals surface area contributed by atoms with Crippen LogP contribution in [0.3, 0.4) is 0 Å². The van der Waals surface area contributed by atoms with Crippen LogP contribution in [0.2, 0.25) is 0 Å². The number of rotatable bonds is 7. The highest BCUT2D eigenvalue weighted by molar-refractivity contribution is 5.76. The van der Waals surface area contributed by atoms with Crippen molar-refractivity contribution >= 4 is 17.8 Å². The van der Waals surface area contributed by atoms with Crippen molar-refractivity contribution in [2.24, 2.45) is 5.92 Å². The number of aliphatic hydroxyl groups excluding tert-OH is 1. The lowest BCUT2D eigenvalue weighted by atomic mass is 9.89. The number of hydrogen-bond donors (Lipinski definition) is 1. The Morgan fingerprint density at radius 3 is 2.59 bits per heavy atom. The van der Waals surface area contributed by atoms with Gasteiger partial charge in [-0.15, -0.1) is 0 Å². The molecule has 0 spiro atoms. The van der Waals surface area contributed by atoms with Crippen molar-refractivity contribution in [2.75, 3.05) is 5.06 Å². The van der Waals surface area contributed by atoms with Crippen LogP contribution < -0.4 is 5.06 Å². The summed E-state index contributed by atoms with van der Waals surface area (Å²) in [6, 6.07) is 10.9. The van der Waals surface area contributed by atoms with Gasteiger partial charge >= 0.3 is 0 Å². The van der Waals surface area contributed by atoms with E-state index in [2.05, 4.69) is 89.3 Å². The topological polar surface area (TPSA) is 32.7 Å². The molecule has 0 bridgehead atoms. The summed E-state index contributed by atoms with van der Waals surface area (Å²) in [5, 5.41) is 11.9. The van der Waals surface area contributed by atoms with E-state index in [1.807, 2.05) is 12.0 Å². The van der Waals surface area contributed by atoms with Gasteiger partial charge in [0.05, 0.1) is 11.8 Å². The summed E-state index contributed by atoms with van der Waals surface area (Å²) in [6.07, 6.45) is 10.9. The lowest BCUT2D eigenvalue weighted by molar-refractivity contribution is 0.156. The minimum Gasteiger partial charge on any atom is -0.389 e. The molecule has 2 aromatic rings. The molecular weight excluding hydrogens is 394 g/mol. The first-order chi connectivity index (χ1) is 15.2. The highest BCUT2D eigenvalue weighted by atomic mass is 16.7. The lowest BCUT2D eigenvalue weighted by Crippen LogP contribution is -2.31. The van der Waals surface area contributed by atoms with Crippen LogP contribution in [0, 0.1) is 19.8 Å². The van der Waals surface area contributed by atoms with Gasteiger partial charge in [-0.2, -0.15) is 5.06 Å². The number of benzene rings is 2. The predicted molar refractivity (Wildman–Crippen MR) is 136 cm³/mol. The highest BCUT2D eigenvalue weighted by Crippen LogP contribution is 2.41.